The lowest BCUT2D eigenvalue weighted by atomic mass is 9.80. The third-order valence-corrected chi connectivity index (χ3v) is 7.05. The maximum absolute atomic E-state index is 12.2. The van der Waals surface area contributed by atoms with Gasteiger partial charge in [0, 0.05) is 38.9 Å². The average Bonchev–Trinajstić information content (AvgIpc) is 2.75. The van der Waals surface area contributed by atoms with Crippen molar-refractivity contribution in [1.82, 2.24) is 5.32 Å². The summed E-state index contributed by atoms with van der Waals surface area (Å²) >= 11 is 0. The van der Waals surface area contributed by atoms with Gasteiger partial charge < -0.3 is 14.8 Å². The van der Waals surface area contributed by atoms with Crippen LogP contribution in [0.2, 0.25) is 0 Å². The van der Waals surface area contributed by atoms with Gasteiger partial charge in [-0.15, -0.1) is 0 Å². The highest BCUT2D eigenvalue weighted by Gasteiger charge is 2.28. The number of carbonyl (C=O) groups excluding carboxylic acids is 2. The number of Topliss-reactive ketones (excluding diaryl/α,β-unsaturated/α-hetero) is 1. The molecule has 2 aliphatic rings. The van der Waals surface area contributed by atoms with Crippen molar-refractivity contribution in [3.8, 4) is 0 Å². The molecule has 0 radical (unpaired) electrons. The normalized spacial score (nSPS) is 28.3. The second-order valence-corrected chi connectivity index (χ2v) is 9.94. The summed E-state index contributed by atoms with van der Waals surface area (Å²) in [4.78, 5) is 24.3. The van der Waals surface area contributed by atoms with Crippen molar-refractivity contribution in [3.63, 3.8) is 0 Å². The molecule has 0 aromatic carbocycles. The van der Waals surface area contributed by atoms with Gasteiger partial charge >= 0.3 is 0 Å². The lowest BCUT2D eigenvalue weighted by Gasteiger charge is -2.29. The number of hydrogen-bond donors (Lipinski definition) is 1. The average molecular weight is 426 g/mol. The zero-order valence-electron chi connectivity index (χ0n) is 19.8. The Bertz CT molecular complexity index is 512. The molecule has 0 aromatic heterocycles. The van der Waals surface area contributed by atoms with Crippen LogP contribution in [-0.2, 0) is 19.1 Å². The van der Waals surface area contributed by atoms with Gasteiger partial charge in [-0.05, 0) is 76.5 Å². The van der Waals surface area contributed by atoms with Crippen LogP contribution < -0.4 is 5.32 Å². The molecule has 5 heteroatoms. The minimum Gasteiger partial charge on any atom is -0.381 e. The smallest absolute Gasteiger partial charge is 0.222 e. The molecule has 1 atom stereocenters. The molecule has 30 heavy (non-hydrogen) atoms. The Morgan fingerprint density at radius 3 is 2.10 bits per heavy atom. The minimum atomic E-state index is 0. The first kappa shape index (κ1) is 25.3. The van der Waals surface area contributed by atoms with Gasteiger partial charge in [0.25, 0.3) is 0 Å². The molecule has 0 aliphatic heterocycles. The van der Waals surface area contributed by atoms with Crippen LogP contribution in [-0.4, -0.2) is 43.7 Å². The monoisotopic (exact) mass is 425 g/mol. The van der Waals surface area contributed by atoms with Crippen LogP contribution in [0.15, 0.2) is 0 Å². The molecule has 0 saturated heterocycles. The molecular formula is C25H47NO4. The topological polar surface area (TPSA) is 64.6 Å². The van der Waals surface area contributed by atoms with E-state index in [-0.39, 0.29) is 25.2 Å². The van der Waals surface area contributed by atoms with Crippen molar-refractivity contribution >= 4 is 11.7 Å². The maximum Gasteiger partial charge on any atom is 0.222 e. The standard InChI is InChI=1S/C25H45NO4.H2/c1-5-19(4)30-17-21-8-6-20(7-9-21)16-29-15-14-24(27)26-23-12-10-22(11-13-23)25(28)18(2)3;/h18-23H,5-17H2,1-4H3,(H,26,27);1H. The Kier molecular flexibility index (Phi) is 11.4. The summed E-state index contributed by atoms with van der Waals surface area (Å²) in [5.41, 5.74) is 0. The van der Waals surface area contributed by atoms with Gasteiger partial charge in [0.2, 0.25) is 5.91 Å². The third-order valence-electron chi connectivity index (χ3n) is 7.05. The van der Waals surface area contributed by atoms with Crippen LogP contribution in [0.3, 0.4) is 0 Å². The molecule has 176 valence electrons. The summed E-state index contributed by atoms with van der Waals surface area (Å²) in [6.07, 6.45) is 10.4. The zero-order valence-corrected chi connectivity index (χ0v) is 19.8. The molecule has 1 amide bonds. The third kappa shape index (κ3) is 9.05. The molecule has 0 spiro atoms. The number of ether oxygens (including phenoxy) is 2. The van der Waals surface area contributed by atoms with Crippen molar-refractivity contribution in [2.24, 2.45) is 23.7 Å². The molecule has 2 fully saturated rings. The van der Waals surface area contributed by atoms with Crippen LogP contribution >= 0.6 is 0 Å². The largest absolute Gasteiger partial charge is 0.381 e. The molecule has 2 saturated carbocycles. The summed E-state index contributed by atoms with van der Waals surface area (Å²) in [5, 5.41) is 3.14. The summed E-state index contributed by atoms with van der Waals surface area (Å²) in [7, 11) is 0. The lowest BCUT2D eigenvalue weighted by molar-refractivity contribution is -0.127. The van der Waals surface area contributed by atoms with Gasteiger partial charge in [-0.2, -0.15) is 0 Å². The Morgan fingerprint density at radius 2 is 1.53 bits per heavy atom. The van der Waals surface area contributed by atoms with Crippen molar-refractivity contribution in [1.29, 1.82) is 0 Å². The van der Waals surface area contributed by atoms with Gasteiger partial charge in [-0.1, -0.05) is 20.8 Å². The van der Waals surface area contributed by atoms with E-state index in [2.05, 4.69) is 19.2 Å². The van der Waals surface area contributed by atoms with E-state index < -0.39 is 0 Å². The molecule has 1 unspecified atom stereocenters. The Labute approximate surface area is 185 Å². The maximum atomic E-state index is 12.2. The number of amides is 1. The first-order chi connectivity index (χ1) is 14.4. The number of carbonyl (C=O) groups is 2. The second-order valence-electron chi connectivity index (χ2n) is 9.94. The van der Waals surface area contributed by atoms with Gasteiger partial charge in [0.15, 0.2) is 0 Å². The minimum absolute atomic E-state index is 0. The van der Waals surface area contributed by atoms with Crippen molar-refractivity contribution in [2.75, 3.05) is 19.8 Å². The lowest BCUT2D eigenvalue weighted by Crippen LogP contribution is -2.39. The van der Waals surface area contributed by atoms with E-state index in [1.807, 2.05) is 13.8 Å². The number of nitrogens with one attached hydrogen (secondary N) is 1. The summed E-state index contributed by atoms with van der Waals surface area (Å²) < 4.78 is 11.7. The van der Waals surface area contributed by atoms with Crippen LogP contribution in [0.5, 0.6) is 0 Å². The Morgan fingerprint density at radius 1 is 0.933 bits per heavy atom. The first-order valence-electron chi connectivity index (χ1n) is 12.4. The van der Waals surface area contributed by atoms with Crippen LogP contribution in [0.25, 0.3) is 0 Å². The molecule has 2 rings (SSSR count). The van der Waals surface area contributed by atoms with E-state index in [1.54, 1.807) is 0 Å². The molecular weight excluding hydrogens is 378 g/mol. The van der Waals surface area contributed by atoms with Crippen LogP contribution in [0.1, 0.15) is 93.3 Å². The van der Waals surface area contributed by atoms with Gasteiger partial charge in [0.1, 0.15) is 5.78 Å². The molecule has 0 aromatic rings. The SMILES string of the molecule is CCC(C)OCC1CCC(COCCC(=O)NC2CCC(C(=O)C(C)C)CC2)CC1.[HH]. The van der Waals surface area contributed by atoms with E-state index in [1.165, 1.54) is 25.7 Å². The van der Waals surface area contributed by atoms with Crippen molar-refractivity contribution in [2.45, 2.75) is 104 Å². The predicted octanol–water partition coefficient (Wildman–Crippen LogP) is 5.16. The van der Waals surface area contributed by atoms with E-state index in [0.717, 1.165) is 45.3 Å². The number of rotatable bonds is 12. The highest BCUT2D eigenvalue weighted by molar-refractivity contribution is 5.83. The first-order valence-corrected chi connectivity index (χ1v) is 12.4. The van der Waals surface area contributed by atoms with Gasteiger partial charge in [-0.25, -0.2) is 0 Å². The van der Waals surface area contributed by atoms with Crippen LogP contribution in [0, 0.1) is 23.7 Å². The highest BCUT2D eigenvalue weighted by Crippen LogP contribution is 2.30. The molecule has 5 nitrogen and oxygen atoms in total. The second kappa shape index (κ2) is 13.5. The van der Waals surface area contributed by atoms with Crippen molar-refractivity contribution in [3.05, 3.63) is 0 Å². The summed E-state index contributed by atoms with van der Waals surface area (Å²) in [5.74, 6) is 2.10. The fourth-order valence-corrected chi connectivity index (χ4v) is 4.69. The van der Waals surface area contributed by atoms with Gasteiger partial charge in [-0.3, -0.25) is 9.59 Å². The van der Waals surface area contributed by atoms with Gasteiger partial charge in [0.05, 0.1) is 12.7 Å². The molecule has 2 aliphatic carbocycles. The molecule has 0 heterocycles. The Balaban J connectivity index is 0.00000480. The quantitative estimate of drug-likeness (QED) is 0.439. The van der Waals surface area contributed by atoms with E-state index >= 15 is 0 Å². The summed E-state index contributed by atoms with van der Waals surface area (Å²) in [6.45, 7) is 10.4. The van der Waals surface area contributed by atoms with E-state index in [9.17, 15) is 9.59 Å². The fraction of sp³-hybridized carbons (Fsp3) is 0.920. The number of hydrogen-bond acceptors (Lipinski definition) is 4. The number of ketones is 1. The zero-order chi connectivity index (χ0) is 21.9. The van der Waals surface area contributed by atoms with E-state index in [0.29, 0.717) is 36.8 Å². The predicted molar refractivity (Wildman–Crippen MR) is 122 cm³/mol. The van der Waals surface area contributed by atoms with Crippen molar-refractivity contribution < 1.29 is 20.5 Å². The van der Waals surface area contributed by atoms with Crippen LogP contribution in [0.4, 0.5) is 0 Å². The highest BCUT2D eigenvalue weighted by atomic mass is 16.5. The molecule has 0 bridgehead atoms. The van der Waals surface area contributed by atoms with E-state index in [4.69, 9.17) is 9.47 Å². The Hall–Kier alpha value is -0.940. The fourth-order valence-electron chi connectivity index (χ4n) is 4.69. The molecule has 1 N–H and O–H groups in total. The summed E-state index contributed by atoms with van der Waals surface area (Å²) in [6, 6.07) is 0.224.